The van der Waals surface area contributed by atoms with Crippen LogP contribution in [0, 0.1) is 25.7 Å². The van der Waals surface area contributed by atoms with Crippen molar-refractivity contribution in [3.8, 4) is 34.5 Å². The number of benzene rings is 6. The first-order valence-corrected chi connectivity index (χ1v) is 32.7. The fraction of sp³-hybridized carbons (Fsp3) is 0.561. The summed E-state index contributed by atoms with van der Waals surface area (Å²) in [4.78, 5) is 0. The number of phenols is 6. The molecule has 0 aliphatic carbocycles. The lowest BCUT2D eigenvalue weighted by atomic mass is 9.76. The fourth-order valence-corrected chi connectivity index (χ4v) is 12.0. The van der Waals surface area contributed by atoms with Crippen molar-refractivity contribution in [2.24, 2.45) is 11.8 Å². The second-order valence-electron chi connectivity index (χ2n) is 35.1. The van der Waals surface area contributed by atoms with E-state index < -0.39 is 0 Å². The summed E-state index contributed by atoms with van der Waals surface area (Å²) in [6.45, 7) is 66.3. The number of rotatable bonds is 10. The maximum Gasteiger partial charge on any atom is 0.123 e. The van der Waals surface area contributed by atoms with Gasteiger partial charge >= 0.3 is 0 Å². The highest BCUT2D eigenvalue weighted by Crippen LogP contribution is 2.47. The molecule has 0 saturated heterocycles. The van der Waals surface area contributed by atoms with Gasteiger partial charge in [-0.25, -0.2) is 0 Å². The number of hydrogen-bond acceptors (Lipinski definition) is 6. The minimum absolute atomic E-state index is 0.105. The lowest BCUT2D eigenvalue weighted by molar-refractivity contribution is 0.422. The number of aromatic hydroxyl groups is 6. The molecule has 6 nitrogen and oxygen atoms in total. The van der Waals surface area contributed by atoms with Crippen LogP contribution in [0.1, 0.15) is 307 Å². The summed E-state index contributed by atoms with van der Waals surface area (Å²) in [5, 5.41) is 65.7. The van der Waals surface area contributed by atoms with Gasteiger partial charge in [-0.05, 0) is 184 Å². The van der Waals surface area contributed by atoms with Crippen LogP contribution in [-0.2, 0) is 69.0 Å². The zero-order valence-electron chi connectivity index (χ0n) is 61.2. The Bertz CT molecular complexity index is 3100. The van der Waals surface area contributed by atoms with Crippen LogP contribution in [0.4, 0.5) is 0 Å². The van der Waals surface area contributed by atoms with Gasteiger partial charge in [0.1, 0.15) is 34.5 Å². The molecule has 6 rings (SSSR count). The van der Waals surface area contributed by atoms with Gasteiger partial charge in [0, 0.05) is 17.0 Å². The molecule has 6 aromatic carbocycles. The molecule has 6 heteroatoms. The molecule has 6 N–H and O–H groups in total. The Morgan fingerprint density at radius 3 is 0.636 bits per heavy atom. The van der Waals surface area contributed by atoms with Gasteiger partial charge in [-0.3, -0.25) is 0 Å². The van der Waals surface area contributed by atoms with Crippen molar-refractivity contribution in [1.82, 2.24) is 0 Å². The van der Waals surface area contributed by atoms with Crippen molar-refractivity contribution in [2.45, 2.75) is 290 Å². The Morgan fingerprint density at radius 2 is 0.432 bits per heavy atom. The highest BCUT2D eigenvalue weighted by atomic mass is 16.3. The van der Waals surface area contributed by atoms with E-state index >= 15 is 0 Å². The van der Waals surface area contributed by atoms with Gasteiger partial charge in [0.05, 0.1) is 0 Å². The number of aryl methyl sites for hydroxylation is 2. The average Bonchev–Trinajstić information content (AvgIpc) is 0.978. The highest BCUT2D eigenvalue weighted by Gasteiger charge is 2.32. The smallest absolute Gasteiger partial charge is 0.123 e. The molecule has 0 fully saturated rings. The first-order chi connectivity index (χ1) is 39.5. The molecule has 0 aliphatic heterocycles. The van der Waals surface area contributed by atoms with E-state index in [9.17, 15) is 30.6 Å². The second-order valence-corrected chi connectivity index (χ2v) is 35.1. The van der Waals surface area contributed by atoms with Gasteiger partial charge in [-0.2, -0.15) is 0 Å². The highest BCUT2D eigenvalue weighted by molar-refractivity contribution is 5.58. The zero-order valence-corrected chi connectivity index (χ0v) is 61.2. The monoisotopic (exact) mass is 1200 g/mol. The van der Waals surface area contributed by atoms with E-state index in [4.69, 9.17) is 0 Å². The van der Waals surface area contributed by atoms with Crippen LogP contribution in [0.15, 0.2) is 72.8 Å². The Kier molecular flexibility index (Phi) is 22.8. The van der Waals surface area contributed by atoms with Gasteiger partial charge < -0.3 is 30.6 Å². The topological polar surface area (TPSA) is 121 Å². The van der Waals surface area contributed by atoms with Crippen LogP contribution >= 0.6 is 0 Å². The van der Waals surface area contributed by atoms with E-state index in [2.05, 4.69) is 274 Å². The molecular formula is C82H122O6. The Labute approximate surface area is 536 Å². The summed E-state index contributed by atoms with van der Waals surface area (Å²) >= 11 is 0. The molecule has 0 bridgehead atoms. The third-order valence-corrected chi connectivity index (χ3v) is 17.0. The summed E-state index contributed by atoms with van der Waals surface area (Å²) in [7, 11) is 0. The normalized spacial score (nSPS) is 13.0. The fourth-order valence-electron chi connectivity index (χ4n) is 12.0. The molecule has 0 spiro atoms. The van der Waals surface area contributed by atoms with Crippen molar-refractivity contribution >= 4 is 0 Å². The van der Waals surface area contributed by atoms with Crippen LogP contribution in [0.3, 0.4) is 0 Å². The van der Waals surface area contributed by atoms with E-state index in [1.807, 2.05) is 13.8 Å². The van der Waals surface area contributed by atoms with Crippen molar-refractivity contribution in [3.63, 3.8) is 0 Å². The lowest BCUT2D eigenvalue weighted by Crippen LogP contribution is -2.19. The minimum Gasteiger partial charge on any atom is -0.507 e. The molecule has 0 amide bonds. The van der Waals surface area contributed by atoms with Gasteiger partial charge in [0.2, 0.25) is 0 Å². The van der Waals surface area contributed by atoms with E-state index in [-0.39, 0.29) is 49.2 Å². The maximum atomic E-state index is 11.4. The van der Waals surface area contributed by atoms with Crippen molar-refractivity contribution < 1.29 is 30.6 Å². The standard InChI is InChI=1S/C30H46O2.C29H44O2.C23H32O2/c1-18(2)12-21-14-23(27(31)25(16-21)29(6,7)8)20(5)24-15-22(13-19(3)4)17-26(28(24)32)30(9,10)11;1-26(2,3)20-14-18(15-21(24(20)30)27(4,5)6)13-19-16-22(28(7,8)9)25(31)23(17-19)29(10,11)12;1-14-9-16(12-18(20(14)24)22(3,4)5)11-17-10-15(2)21(25)19(13-17)23(6,7)8/h14-20,31-32H,12-13H2,1-11H3;14-17,30-31H,13H2,1-12H3;9-10,12-13,24-25H,11H2,1-8H3. The van der Waals surface area contributed by atoms with Gasteiger partial charge in [0.25, 0.3) is 0 Å². The van der Waals surface area contributed by atoms with Gasteiger partial charge in [0.15, 0.2) is 0 Å². The molecule has 0 saturated carbocycles. The van der Waals surface area contributed by atoms with Crippen LogP contribution in [-0.4, -0.2) is 30.6 Å². The lowest BCUT2D eigenvalue weighted by Gasteiger charge is -2.29. The largest absolute Gasteiger partial charge is 0.507 e. The molecule has 0 unspecified atom stereocenters. The Balaban J connectivity index is 0.000000285. The third kappa shape index (κ3) is 19.1. The summed E-state index contributed by atoms with van der Waals surface area (Å²) < 4.78 is 0. The molecule has 486 valence electrons. The first-order valence-electron chi connectivity index (χ1n) is 32.7. The molecular weight excluding hydrogens is 1080 g/mol. The summed E-state index contributed by atoms with van der Waals surface area (Å²) in [5.74, 6) is 3.31. The second kappa shape index (κ2) is 26.9. The summed E-state index contributed by atoms with van der Waals surface area (Å²) in [6, 6.07) is 25.6. The maximum absolute atomic E-state index is 11.4. The third-order valence-electron chi connectivity index (χ3n) is 17.0. The van der Waals surface area contributed by atoms with Gasteiger partial charge in [-0.1, -0.05) is 274 Å². The Morgan fingerprint density at radius 1 is 0.250 bits per heavy atom. The van der Waals surface area contributed by atoms with Crippen LogP contribution < -0.4 is 0 Å². The summed E-state index contributed by atoms with van der Waals surface area (Å²) in [6.07, 6.45) is 3.48. The number of hydrogen-bond donors (Lipinski definition) is 6. The SMILES string of the molecule is CC(C)(C)c1cc(Cc2cc(C(C)(C)C)c(O)c(C(C)(C)C)c2)cc(C(C)(C)C)c1O.CC(C)Cc1cc(C(C)c2cc(CC(C)C)cc(C(C)(C)C)c2O)c(O)c(C(C)(C)C)c1.Cc1cc(Cc2cc(C)c(O)c(C(C)(C)C)c2)cc(C(C)(C)C)c1O. The molecule has 0 radical (unpaired) electrons. The first kappa shape index (κ1) is 74.6. The van der Waals surface area contributed by atoms with Crippen molar-refractivity contribution in [2.75, 3.05) is 0 Å². The van der Waals surface area contributed by atoms with E-state index in [0.29, 0.717) is 46.3 Å². The van der Waals surface area contributed by atoms with Crippen molar-refractivity contribution in [3.05, 3.63) is 173 Å². The van der Waals surface area contributed by atoms with E-state index in [0.717, 1.165) is 92.4 Å². The number of phenolic OH excluding ortho intramolecular Hbond substituents is 6. The van der Waals surface area contributed by atoms with Gasteiger partial charge in [-0.15, -0.1) is 0 Å². The molecule has 0 heterocycles. The van der Waals surface area contributed by atoms with Crippen LogP contribution in [0.25, 0.3) is 0 Å². The minimum atomic E-state index is -0.163. The van der Waals surface area contributed by atoms with Crippen LogP contribution in [0.5, 0.6) is 34.5 Å². The van der Waals surface area contributed by atoms with Crippen molar-refractivity contribution in [1.29, 1.82) is 0 Å². The predicted molar refractivity (Wildman–Crippen MR) is 378 cm³/mol. The van der Waals surface area contributed by atoms with E-state index in [1.165, 1.54) is 33.4 Å². The molecule has 0 aliphatic rings. The quantitative estimate of drug-likeness (QED) is 0.0813. The average molecular weight is 1200 g/mol. The van der Waals surface area contributed by atoms with Crippen LogP contribution in [0.2, 0.25) is 0 Å². The molecule has 88 heavy (non-hydrogen) atoms. The zero-order chi connectivity index (χ0) is 67.9. The van der Waals surface area contributed by atoms with E-state index in [1.54, 1.807) is 0 Å². The summed E-state index contributed by atoms with van der Waals surface area (Å²) in [5.41, 5.74) is 17.6. The Hall–Kier alpha value is -5.88. The molecule has 6 aromatic rings. The molecule has 0 aromatic heterocycles. The predicted octanol–water partition coefficient (Wildman–Crippen LogP) is 22.0. The molecule has 0 atom stereocenters.